The van der Waals surface area contributed by atoms with Crippen LogP contribution in [0.1, 0.15) is 33.3 Å². The molecule has 0 unspecified atom stereocenters. The Bertz CT molecular complexity index is 1080. The van der Waals surface area contributed by atoms with Crippen LogP contribution in [-0.2, 0) is 9.53 Å². The SMILES string of the molecule is CCOC(=O)C(C)(C)Oc1ccc(OC/C=C(\C)c2ccc(-c3ccc(F)cc3)cc2)cc1. The highest BCUT2D eigenvalue weighted by atomic mass is 19.1. The number of halogens is 1. The van der Waals surface area contributed by atoms with Crippen molar-refractivity contribution in [2.24, 2.45) is 0 Å². The zero-order valence-electron chi connectivity index (χ0n) is 19.4. The molecule has 0 heterocycles. The van der Waals surface area contributed by atoms with E-state index in [1.807, 2.05) is 37.3 Å². The second-order valence-corrected chi connectivity index (χ2v) is 8.09. The molecule has 0 atom stereocenters. The van der Waals surface area contributed by atoms with Crippen LogP contribution in [0.3, 0.4) is 0 Å². The molecule has 0 radical (unpaired) electrons. The lowest BCUT2D eigenvalue weighted by molar-refractivity contribution is -0.158. The van der Waals surface area contributed by atoms with Gasteiger partial charge < -0.3 is 14.2 Å². The molecule has 4 nitrogen and oxygen atoms in total. The van der Waals surface area contributed by atoms with E-state index in [4.69, 9.17) is 14.2 Å². The largest absolute Gasteiger partial charge is 0.490 e. The summed E-state index contributed by atoms with van der Waals surface area (Å²) in [5, 5.41) is 0. The molecule has 0 spiro atoms. The van der Waals surface area contributed by atoms with E-state index in [-0.39, 0.29) is 5.82 Å². The van der Waals surface area contributed by atoms with Gasteiger partial charge in [-0.05, 0) is 92.4 Å². The molecule has 0 N–H and O–H groups in total. The van der Waals surface area contributed by atoms with E-state index < -0.39 is 11.6 Å². The molecule has 3 rings (SSSR count). The lowest BCUT2D eigenvalue weighted by atomic mass is 10.0. The van der Waals surface area contributed by atoms with Crippen LogP contribution in [0.2, 0.25) is 0 Å². The second-order valence-electron chi connectivity index (χ2n) is 8.09. The smallest absolute Gasteiger partial charge is 0.349 e. The Hall–Kier alpha value is -3.60. The van der Waals surface area contributed by atoms with Crippen molar-refractivity contribution in [2.45, 2.75) is 33.3 Å². The molecular weight excluding hydrogens is 419 g/mol. The number of ether oxygens (including phenoxy) is 3. The zero-order chi connectivity index (χ0) is 23.8. The summed E-state index contributed by atoms with van der Waals surface area (Å²) < 4.78 is 29.7. The molecule has 0 amide bonds. The fraction of sp³-hybridized carbons (Fsp3) is 0.250. The average molecular weight is 449 g/mol. The predicted molar refractivity (Wildman–Crippen MR) is 129 cm³/mol. The number of hydrogen-bond acceptors (Lipinski definition) is 4. The molecule has 3 aromatic carbocycles. The van der Waals surface area contributed by atoms with Gasteiger partial charge in [0.05, 0.1) is 6.61 Å². The fourth-order valence-electron chi connectivity index (χ4n) is 3.19. The van der Waals surface area contributed by atoms with Crippen LogP contribution in [-0.4, -0.2) is 24.8 Å². The summed E-state index contributed by atoms with van der Waals surface area (Å²) in [7, 11) is 0. The molecule has 3 aromatic rings. The monoisotopic (exact) mass is 448 g/mol. The first-order valence-corrected chi connectivity index (χ1v) is 10.9. The summed E-state index contributed by atoms with van der Waals surface area (Å²) in [6.07, 6.45) is 2.02. The van der Waals surface area contributed by atoms with Gasteiger partial charge >= 0.3 is 5.97 Å². The zero-order valence-corrected chi connectivity index (χ0v) is 19.4. The van der Waals surface area contributed by atoms with Crippen molar-refractivity contribution in [3.63, 3.8) is 0 Å². The second kappa shape index (κ2) is 10.8. The molecule has 0 saturated carbocycles. The third kappa shape index (κ3) is 6.69. The van der Waals surface area contributed by atoms with E-state index in [0.29, 0.717) is 24.7 Å². The highest BCUT2D eigenvalue weighted by molar-refractivity contribution is 5.79. The summed E-state index contributed by atoms with van der Waals surface area (Å²) in [6.45, 7) is 7.87. The Morgan fingerprint density at radius 3 is 2.00 bits per heavy atom. The van der Waals surface area contributed by atoms with Gasteiger partial charge in [-0.2, -0.15) is 0 Å². The fourth-order valence-corrected chi connectivity index (χ4v) is 3.19. The van der Waals surface area contributed by atoms with Crippen LogP contribution < -0.4 is 9.47 Å². The van der Waals surface area contributed by atoms with E-state index in [9.17, 15) is 9.18 Å². The van der Waals surface area contributed by atoms with Gasteiger partial charge in [0.2, 0.25) is 0 Å². The highest BCUT2D eigenvalue weighted by Crippen LogP contribution is 2.24. The summed E-state index contributed by atoms with van der Waals surface area (Å²) in [5.74, 6) is 0.619. The van der Waals surface area contributed by atoms with Crippen molar-refractivity contribution in [3.05, 3.63) is 90.3 Å². The maximum absolute atomic E-state index is 13.1. The van der Waals surface area contributed by atoms with E-state index >= 15 is 0 Å². The lowest BCUT2D eigenvalue weighted by Gasteiger charge is -2.24. The minimum atomic E-state index is -1.06. The van der Waals surface area contributed by atoms with Crippen molar-refractivity contribution in [3.8, 4) is 22.6 Å². The maximum Gasteiger partial charge on any atom is 0.349 e. The van der Waals surface area contributed by atoms with E-state index in [0.717, 1.165) is 22.3 Å². The molecule has 0 bridgehead atoms. The van der Waals surface area contributed by atoms with Crippen LogP contribution in [0, 0.1) is 5.82 Å². The van der Waals surface area contributed by atoms with Gasteiger partial charge in [0.25, 0.3) is 0 Å². The summed E-state index contributed by atoms with van der Waals surface area (Å²) in [4.78, 5) is 12.0. The topological polar surface area (TPSA) is 44.8 Å². The summed E-state index contributed by atoms with van der Waals surface area (Å²) in [6, 6.07) is 21.7. The molecule has 33 heavy (non-hydrogen) atoms. The van der Waals surface area contributed by atoms with Crippen molar-refractivity contribution in [2.75, 3.05) is 13.2 Å². The van der Waals surface area contributed by atoms with E-state index in [2.05, 4.69) is 0 Å². The van der Waals surface area contributed by atoms with Crippen molar-refractivity contribution >= 4 is 11.5 Å². The Labute approximate surface area is 194 Å². The molecule has 0 fully saturated rings. The number of carbonyl (C=O) groups excluding carboxylic acids is 1. The van der Waals surface area contributed by atoms with Gasteiger partial charge in [0, 0.05) is 0 Å². The number of carbonyl (C=O) groups is 1. The quantitative estimate of drug-likeness (QED) is 0.342. The number of esters is 1. The molecule has 172 valence electrons. The molecule has 0 aliphatic heterocycles. The van der Waals surface area contributed by atoms with Gasteiger partial charge in [-0.3, -0.25) is 0 Å². The molecule has 0 aliphatic carbocycles. The van der Waals surface area contributed by atoms with Crippen molar-refractivity contribution in [1.82, 2.24) is 0 Å². The minimum Gasteiger partial charge on any atom is -0.490 e. The van der Waals surface area contributed by atoms with Crippen molar-refractivity contribution in [1.29, 1.82) is 0 Å². The van der Waals surface area contributed by atoms with Crippen LogP contribution in [0.25, 0.3) is 16.7 Å². The molecule has 5 heteroatoms. The first-order chi connectivity index (χ1) is 15.8. The van der Waals surface area contributed by atoms with Gasteiger partial charge in [-0.25, -0.2) is 9.18 Å². The Balaban J connectivity index is 1.55. The Morgan fingerprint density at radius 1 is 0.879 bits per heavy atom. The molecule has 0 aromatic heterocycles. The predicted octanol–water partition coefficient (Wildman–Crippen LogP) is 6.70. The first kappa shape index (κ1) is 24.1. The van der Waals surface area contributed by atoms with Crippen LogP contribution in [0.15, 0.2) is 78.9 Å². The third-order valence-corrected chi connectivity index (χ3v) is 5.12. The first-order valence-electron chi connectivity index (χ1n) is 10.9. The summed E-state index contributed by atoms with van der Waals surface area (Å²) in [5.41, 5.74) is 3.14. The molecule has 0 saturated heterocycles. The molecular formula is C28H29FO4. The molecule has 0 aliphatic rings. The van der Waals surface area contributed by atoms with Crippen molar-refractivity contribution < 1.29 is 23.4 Å². The van der Waals surface area contributed by atoms with Gasteiger partial charge in [-0.15, -0.1) is 0 Å². The van der Waals surface area contributed by atoms with Crippen LogP contribution in [0.5, 0.6) is 11.5 Å². The number of benzene rings is 3. The van der Waals surface area contributed by atoms with E-state index in [1.165, 1.54) is 12.1 Å². The third-order valence-electron chi connectivity index (χ3n) is 5.12. The average Bonchev–Trinajstić information content (AvgIpc) is 2.81. The standard InChI is InChI=1S/C28H29FO4/c1-5-31-27(30)28(3,4)33-26-16-14-25(15-17-26)32-19-18-20(2)21-6-8-22(9-7-21)23-10-12-24(29)13-11-23/h6-18H,5,19H2,1-4H3/b20-18+. The Kier molecular flexibility index (Phi) is 7.88. The number of allylic oxidation sites excluding steroid dienone is 1. The Morgan fingerprint density at radius 2 is 1.42 bits per heavy atom. The van der Waals surface area contributed by atoms with Crippen LogP contribution >= 0.6 is 0 Å². The number of rotatable bonds is 9. The normalized spacial score (nSPS) is 11.7. The highest BCUT2D eigenvalue weighted by Gasteiger charge is 2.31. The van der Waals surface area contributed by atoms with Crippen LogP contribution in [0.4, 0.5) is 4.39 Å². The van der Waals surface area contributed by atoms with Gasteiger partial charge in [0.1, 0.15) is 23.9 Å². The number of hydrogen-bond donors (Lipinski definition) is 0. The lowest BCUT2D eigenvalue weighted by Crippen LogP contribution is -2.39. The maximum atomic E-state index is 13.1. The van der Waals surface area contributed by atoms with Gasteiger partial charge in [-0.1, -0.05) is 36.4 Å². The van der Waals surface area contributed by atoms with Gasteiger partial charge in [0.15, 0.2) is 5.60 Å². The van der Waals surface area contributed by atoms with E-state index in [1.54, 1.807) is 57.2 Å². The minimum absolute atomic E-state index is 0.239. The summed E-state index contributed by atoms with van der Waals surface area (Å²) >= 11 is 0.